The van der Waals surface area contributed by atoms with Gasteiger partial charge in [0.25, 0.3) is 5.91 Å². The number of unbranched alkanes of at least 4 members (excludes halogenated alkanes) is 2. The monoisotopic (exact) mass is 508 g/mol. The summed E-state index contributed by atoms with van der Waals surface area (Å²) in [6.45, 7) is 5.31. The highest BCUT2D eigenvalue weighted by atomic mass is 16.5. The molecule has 10 nitrogen and oxygen atoms in total. The van der Waals surface area contributed by atoms with Gasteiger partial charge in [-0.25, -0.2) is 10.4 Å². The fourth-order valence-corrected chi connectivity index (χ4v) is 4.14. The Kier molecular flexibility index (Phi) is 10.8. The third-order valence-corrected chi connectivity index (χ3v) is 6.32. The van der Waals surface area contributed by atoms with Gasteiger partial charge in [0.1, 0.15) is 11.9 Å². The standard InChI is InChI=1S/C27H36N6O4/c1-3-4-7-15-29-32-26(35)27(18-22-9-5-6-10-23(22)19-30-33-28)20(2)37-25(31-27)21-11-13-24(14-12-21)36-17-8-16-34/h5-6,9-14,20,29,34H,3-4,7-8,15-19H2,1-2H3,(H,32,35)/t20-,27-/m0/s1. The van der Waals surface area contributed by atoms with Gasteiger partial charge in [-0.05, 0) is 54.3 Å². The van der Waals surface area contributed by atoms with Crippen molar-refractivity contribution < 1.29 is 19.4 Å². The summed E-state index contributed by atoms with van der Waals surface area (Å²) in [7, 11) is 0. The summed E-state index contributed by atoms with van der Waals surface area (Å²) in [5.41, 5.74) is 15.9. The number of hydrogen-bond acceptors (Lipinski definition) is 7. The Balaban J connectivity index is 1.89. The molecule has 0 saturated carbocycles. The number of carbonyl (C=O) groups is 1. The largest absolute Gasteiger partial charge is 0.494 e. The normalized spacial score (nSPS) is 18.5. The first-order chi connectivity index (χ1) is 18.0. The van der Waals surface area contributed by atoms with Crippen molar-refractivity contribution in [1.82, 2.24) is 10.9 Å². The molecule has 1 aliphatic heterocycles. The molecule has 0 bridgehead atoms. The maximum atomic E-state index is 13.6. The summed E-state index contributed by atoms with van der Waals surface area (Å²) in [6.07, 6.45) is 3.40. The lowest BCUT2D eigenvalue weighted by Gasteiger charge is -2.29. The number of hydrazine groups is 1. The van der Waals surface area contributed by atoms with E-state index in [2.05, 4.69) is 27.8 Å². The lowest BCUT2D eigenvalue weighted by atomic mass is 9.84. The predicted octanol–water partition coefficient (Wildman–Crippen LogP) is 4.22. The van der Waals surface area contributed by atoms with Crippen molar-refractivity contribution in [2.75, 3.05) is 19.8 Å². The van der Waals surface area contributed by atoms with E-state index in [0.717, 1.165) is 36.0 Å². The van der Waals surface area contributed by atoms with E-state index in [9.17, 15) is 4.79 Å². The van der Waals surface area contributed by atoms with Crippen LogP contribution >= 0.6 is 0 Å². The van der Waals surface area contributed by atoms with E-state index in [1.54, 1.807) is 0 Å². The highest BCUT2D eigenvalue weighted by Gasteiger charge is 2.50. The van der Waals surface area contributed by atoms with E-state index in [-0.39, 0.29) is 25.5 Å². The third-order valence-electron chi connectivity index (χ3n) is 6.32. The number of aliphatic hydroxyl groups excluding tert-OH is 1. The molecular formula is C27H36N6O4. The maximum Gasteiger partial charge on any atom is 0.266 e. The number of rotatable bonds is 15. The highest BCUT2D eigenvalue weighted by molar-refractivity contribution is 6.00. The SMILES string of the molecule is CCCCCNNC(=O)[C@@]1(Cc2ccccc2CN=[N+]=[N-])N=C(c2ccc(OCCCO)cc2)O[C@H]1C. The summed E-state index contributed by atoms with van der Waals surface area (Å²) in [5, 5.41) is 12.7. The molecule has 0 unspecified atom stereocenters. The van der Waals surface area contributed by atoms with Crippen LogP contribution in [0.2, 0.25) is 0 Å². The van der Waals surface area contributed by atoms with Crippen LogP contribution in [0.5, 0.6) is 5.75 Å². The third kappa shape index (κ3) is 7.45. The van der Waals surface area contributed by atoms with Crippen LogP contribution in [-0.4, -0.2) is 48.3 Å². The Hall–Kier alpha value is -3.59. The molecule has 0 saturated heterocycles. The van der Waals surface area contributed by atoms with Crippen molar-refractivity contribution in [3.05, 3.63) is 75.7 Å². The van der Waals surface area contributed by atoms with E-state index in [0.29, 0.717) is 31.2 Å². The van der Waals surface area contributed by atoms with Gasteiger partial charge >= 0.3 is 0 Å². The molecule has 2 atom stereocenters. The van der Waals surface area contributed by atoms with Crippen molar-refractivity contribution in [1.29, 1.82) is 0 Å². The molecule has 3 rings (SSSR count). The second-order valence-corrected chi connectivity index (χ2v) is 8.97. The van der Waals surface area contributed by atoms with Gasteiger partial charge in [0.2, 0.25) is 5.90 Å². The quantitative estimate of drug-likeness (QED) is 0.109. The van der Waals surface area contributed by atoms with Gasteiger partial charge in [0.05, 0.1) is 13.2 Å². The van der Waals surface area contributed by atoms with Crippen molar-refractivity contribution in [3.63, 3.8) is 0 Å². The number of nitrogens with one attached hydrogen (secondary N) is 2. The van der Waals surface area contributed by atoms with Crippen LogP contribution < -0.4 is 15.6 Å². The zero-order valence-corrected chi connectivity index (χ0v) is 21.5. The number of carbonyl (C=O) groups excluding carboxylic acids is 1. The molecule has 0 aliphatic carbocycles. The van der Waals surface area contributed by atoms with Crippen molar-refractivity contribution in [2.45, 2.75) is 64.1 Å². The van der Waals surface area contributed by atoms with Crippen LogP contribution in [0.25, 0.3) is 10.4 Å². The number of benzene rings is 2. The van der Waals surface area contributed by atoms with Crippen molar-refractivity contribution >= 4 is 11.8 Å². The van der Waals surface area contributed by atoms with Crippen molar-refractivity contribution in [3.8, 4) is 5.75 Å². The number of ether oxygens (including phenoxy) is 2. The summed E-state index contributed by atoms with van der Waals surface area (Å²) in [6, 6.07) is 14.9. The average molecular weight is 509 g/mol. The van der Waals surface area contributed by atoms with E-state index >= 15 is 0 Å². The van der Waals surface area contributed by atoms with Crippen LogP contribution in [0, 0.1) is 0 Å². The minimum atomic E-state index is -1.23. The van der Waals surface area contributed by atoms with E-state index < -0.39 is 11.6 Å². The second kappa shape index (κ2) is 14.2. The van der Waals surface area contributed by atoms with Gasteiger partial charge in [-0.1, -0.05) is 49.1 Å². The first-order valence-electron chi connectivity index (χ1n) is 12.8. The lowest BCUT2D eigenvalue weighted by molar-refractivity contribution is -0.129. The smallest absolute Gasteiger partial charge is 0.266 e. The number of hydrogen-bond donors (Lipinski definition) is 3. The molecule has 2 aromatic rings. The summed E-state index contributed by atoms with van der Waals surface area (Å²) >= 11 is 0. The molecule has 0 spiro atoms. The predicted molar refractivity (Wildman–Crippen MR) is 142 cm³/mol. The van der Waals surface area contributed by atoms with Crippen LogP contribution in [-0.2, 0) is 22.5 Å². The number of aliphatic imine (C=N–C) groups is 1. The van der Waals surface area contributed by atoms with E-state index in [1.807, 2.05) is 55.5 Å². The van der Waals surface area contributed by atoms with E-state index in [4.69, 9.17) is 25.1 Å². The van der Waals surface area contributed by atoms with Crippen LogP contribution in [0.15, 0.2) is 58.6 Å². The van der Waals surface area contributed by atoms with Crippen LogP contribution in [0.3, 0.4) is 0 Å². The molecule has 0 aromatic heterocycles. The Morgan fingerprint density at radius 2 is 1.95 bits per heavy atom. The zero-order valence-electron chi connectivity index (χ0n) is 21.5. The molecule has 0 radical (unpaired) electrons. The summed E-state index contributed by atoms with van der Waals surface area (Å²) in [4.78, 5) is 21.4. The number of azide groups is 1. The molecule has 37 heavy (non-hydrogen) atoms. The summed E-state index contributed by atoms with van der Waals surface area (Å²) in [5.74, 6) is 0.771. The van der Waals surface area contributed by atoms with Crippen LogP contribution in [0.4, 0.5) is 0 Å². The van der Waals surface area contributed by atoms with Gasteiger partial charge in [-0.3, -0.25) is 10.2 Å². The van der Waals surface area contributed by atoms with Gasteiger partial charge in [-0.15, -0.1) is 0 Å². The number of amides is 1. The Morgan fingerprint density at radius 3 is 2.65 bits per heavy atom. The summed E-state index contributed by atoms with van der Waals surface area (Å²) < 4.78 is 11.8. The first kappa shape index (κ1) is 28.0. The molecule has 10 heteroatoms. The Labute approximate surface area is 217 Å². The Bertz CT molecular complexity index is 1100. The number of aliphatic hydroxyl groups is 1. The average Bonchev–Trinajstić information content (AvgIpc) is 3.25. The topological polar surface area (TPSA) is 141 Å². The first-order valence-corrected chi connectivity index (χ1v) is 12.8. The Morgan fingerprint density at radius 1 is 1.19 bits per heavy atom. The van der Waals surface area contributed by atoms with Gasteiger partial charge in [-0.2, -0.15) is 0 Å². The number of nitrogens with zero attached hydrogens (tertiary/aromatic N) is 4. The molecule has 1 amide bonds. The van der Waals surface area contributed by atoms with Crippen LogP contribution in [0.1, 0.15) is 56.2 Å². The van der Waals surface area contributed by atoms with Gasteiger partial charge in [0.15, 0.2) is 5.54 Å². The lowest BCUT2D eigenvalue weighted by Crippen LogP contribution is -2.56. The molecule has 198 valence electrons. The fourth-order valence-electron chi connectivity index (χ4n) is 4.14. The maximum absolute atomic E-state index is 13.6. The second-order valence-electron chi connectivity index (χ2n) is 8.97. The minimum absolute atomic E-state index is 0.0736. The molecular weight excluding hydrogens is 472 g/mol. The minimum Gasteiger partial charge on any atom is -0.494 e. The zero-order chi connectivity index (χ0) is 26.5. The van der Waals surface area contributed by atoms with Gasteiger partial charge < -0.3 is 14.6 Å². The molecule has 3 N–H and O–H groups in total. The highest BCUT2D eigenvalue weighted by Crippen LogP contribution is 2.33. The van der Waals surface area contributed by atoms with Gasteiger partial charge in [0, 0.05) is 36.5 Å². The van der Waals surface area contributed by atoms with E-state index in [1.165, 1.54) is 0 Å². The molecule has 0 fully saturated rings. The molecule has 2 aromatic carbocycles. The van der Waals surface area contributed by atoms with Crippen molar-refractivity contribution in [2.24, 2.45) is 10.1 Å². The fraction of sp³-hybridized carbons (Fsp3) is 0.481. The molecule has 1 heterocycles. The molecule has 1 aliphatic rings.